The smallest absolute Gasteiger partial charge is 0.162 e. The maximum absolute atomic E-state index is 12.7. The standard InChI is InChI=1S/C19H14Cl4O/c1-9-15(17-11(20)5-3-6-12(17)21)16(10(2)19(9)24)18-13(22)7-4-8-14(18)23/h3-9,15H,1-2H3/t9-,15+/m1/s1. The first-order valence-electron chi connectivity index (χ1n) is 7.47. The van der Waals surface area contributed by atoms with Crippen LogP contribution in [-0.2, 0) is 4.79 Å². The molecular weight excluding hydrogens is 386 g/mol. The highest BCUT2D eigenvalue weighted by atomic mass is 35.5. The van der Waals surface area contributed by atoms with Crippen LogP contribution in [-0.4, -0.2) is 5.78 Å². The zero-order valence-electron chi connectivity index (χ0n) is 13.0. The van der Waals surface area contributed by atoms with Crippen molar-refractivity contribution in [2.75, 3.05) is 0 Å². The van der Waals surface area contributed by atoms with Crippen LogP contribution in [0.5, 0.6) is 0 Å². The summed E-state index contributed by atoms with van der Waals surface area (Å²) >= 11 is 25.7. The number of ketones is 1. The van der Waals surface area contributed by atoms with E-state index in [-0.39, 0.29) is 17.6 Å². The lowest BCUT2D eigenvalue weighted by Crippen LogP contribution is -2.13. The van der Waals surface area contributed by atoms with Gasteiger partial charge < -0.3 is 0 Å². The zero-order valence-corrected chi connectivity index (χ0v) is 16.1. The molecule has 5 heteroatoms. The average Bonchev–Trinajstić information content (AvgIpc) is 2.73. The van der Waals surface area contributed by atoms with Gasteiger partial charge in [0.1, 0.15) is 0 Å². The van der Waals surface area contributed by atoms with Crippen molar-refractivity contribution in [1.29, 1.82) is 0 Å². The maximum Gasteiger partial charge on any atom is 0.162 e. The molecule has 0 spiro atoms. The van der Waals surface area contributed by atoms with E-state index in [1.807, 2.05) is 6.92 Å². The molecule has 0 aromatic heterocycles. The van der Waals surface area contributed by atoms with Gasteiger partial charge in [0.25, 0.3) is 0 Å². The number of allylic oxidation sites excluding steroid dienone is 2. The van der Waals surface area contributed by atoms with Gasteiger partial charge >= 0.3 is 0 Å². The SMILES string of the molecule is CC1=C(c2c(Cl)cccc2Cl)[C@@H](c2c(Cl)cccc2Cl)[C@@H](C)C1=O. The molecule has 1 nitrogen and oxygen atoms in total. The first kappa shape index (κ1) is 17.8. The van der Waals surface area contributed by atoms with Gasteiger partial charge in [0, 0.05) is 37.5 Å². The third-order valence-electron chi connectivity index (χ3n) is 4.54. The molecule has 0 unspecified atom stereocenters. The number of carbonyl (C=O) groups is 1. The van der Waals surface area contributed by atoms with Gasteiger partial charge in [-0.2, -0.15) is 0 Å². The van der Waals surface area contributed by atoms with Crippen LogP contribution < -0.4 is 0 Å². The van der Waals surface area contributed by atoms with Gasteiger partial charge in [-0.1, -0.05) is 65.5 Å². The Balaban J connectivity index is 2.31. The van der Waals surface area contributed by atoms with E-state index in [1.54, 1.807) is 43.3 Å². The Hall–Kier alpha value is -0.990. The van der Waals surface area contributed by atoms with Gasteiger partial charge in [0.2, 0.25) is 0 Å². The van der Waals surface area contributed by atoms with Gasteiger partial charge in [-0.15, -0.1) is 0 Å². The van der Waals surface area contributed by atoms with Crippen molar-refractivity contribution in [3.05, 3.63) is 73.2 Å². The van der Waals surface area contributed by atoms with Gasteiger partial charge in [-0.3, -0.25) is 4.79 Å². The van der Waals surface area contributed by atoms with E-state index in [9.17, 15) is 4.79 Å². The van der Waals surface area contributed by atoms with Gasteiger partial charge in [0.15, 0.2) is 5.78 Å². The third kappa shape index (κ3) is 2.78. The highest BCUT2D eigenvalue weighted by molar-refractivity contribution is 6.39. The molecule has 1 aliphatic carbocycles. The number of Topliss-reactive ketones (excluding diaryl/α,β-unsaturated/α-hetero) is 1. The molecule has 0 saturated carbocycles. The Morgan fingerprint density at radius 2 is 1.29 bits per heavy atom. The summed E-state index contributed by atoms with van der Waals surface area (Å²) in [4.78, 5) is 12.7. The van der Waals surface area contributed by atoms with E-state index in [0.717, 1.165) is 11.1 Å². The fourth-order valence-electron chi connectivity index (χ4n) is 3.41. The molecule has 124 valence electrons. The van der Waals surface area contributed by atoms with Crippen molar-refractivity contribution in [2.24, 2.45) is 5.92 Å². The number of benzene rings is 2. The summed E-state index contributed by atoms with van der Waals surface area (Å²) in [6.45, 7) is 3.69. The second-order valence-corrected chi connectivity index (χ2v) is 7.53. The lowest BCUT2D eigenvalue weighted by Gasteiger charge is -2.23. The van der Waals surface area contributed by atoms with E-state index in [2.05, 4.69) is 0 Å². The number of hydrogen-bond donors (Lipinski definition) is 0. The van der Waals surface area contributed by atoms with E-state index in [4.69, 9.17) is 46.4 Å². The predicted octanol–water partition coefficient (Wildman–Crippen LogP) is 7.08. The quantitative estimate of drug-likeness (QED) is 0.527. The van der Waals surface area contributed by atoms with Gasteiger partial charge in [-0.25, -0.2) is 0 Å². The molecule has 2 atom stereocenters. The van der Waals surface area contributed by atoms with Crippen molar-refractivity contribution >= 4 is 57.8 Å². The minimum atomic E-state index is -0.287. The lowest BCUT2D eigenvalue weighted by molar-refractivity contribution is -0.118. The molecule has 0 aliphatic heterocycles. The van der Waals surface area contributed by atoms with Crippen LogP contribution in [0.25, 0.3) is 5.57 Å². The Morgan fingerprint density at radius 1 is 0.833 bits per heavy atom. The summed E-state index contributed by atoms with van der Waals surface area (Å²) < 4.78 is 0. The molecule has 0 heterocycles. The molecule has 0 saturated heterocycles. The maximum atomic E-state index is 12.7. The number of carbonyl (C=O) groups excluding carboxylic acids is 1. The first-order valence-corrected chi connectivity index (χ1v) is 8.99. The van der Waals surface area contributed by atoms with Crippen LogP contribution in [0.15, 0.2) is 42.0 Å². The minimum Gasteiger partial charge on any atom is -0.294 e. The molecule has 1 aliphatic rings. The molecule has 24 heavy (non-hydrogen) atoms. The highest BCUT2D eigenvalue weighted by Crippen LogP contribution is 2.52. The van der Waals surface area contributed by atoms with Crippen molar-refractivity contribution < 1.29 is 4.79 Å². The highest BCUT2D eigenvalue weighted by Gasteiger charge is 2.41. The molecule has 2 aromatic carbocycles. The Labute approximate surface area is 161 Å². The Bertz CT molecular complexity index is 829. The molecule has 0 fully saturated rings. The fourth-order valence-corrected chi connectivity index (χ4v) is 4.64. The molecule has 0 amide bonds. The Kier molecular flexibility index (Phi) is 4.99. The fraction of sp³-hybridized carbons (Fsp3) is 0.211. The summed E-state index contributed by atoms with van der Waals surface area (Å²) in [6.07, 6.45) is 0. The molecule has 2 aromatic rings. The van der Waals surface area contributed by atoms with Crippen molar-refractivity contribution in [3.63, 3.8) is 0 Å². The van der Waals surface area contributed by atoms with Crippen LogP contribution in [0.2, 0.25) is 20.1 Å². The topological polar surface area (TPSA) is 17.1 Å². The predicted molar refractivity (Wildman–Crippen MR) is 102 cm³/mol. The van der Waals surface area contributed by atoms with Crippen LogP contribution in [0, 0.1) is 5.92 Å². The van der Waals surface area contributed by atoms with E-state index >= 15 is 0 Å². The van der Waals surface area contributed by atoms with Crippen molar-refractivity contribution in [3.8, 4) is 0 Å². The summed E-state index contributed by atoms with van der Waals surface area (Å²) in [5.74, 6) is -0.511. The van der Waals surface area contributed by atoms with E-state index < -0.39 is 0 Å². The molecule has 0 N–H and O–H groups in total. The minimum absolute atomic E-state index is 0.0574. The van der Waals surface area contributed by atoms with Crippen LogP contribution in [0.1, 0.15) is 30.9 Å². The largest absolute Gasteiger partial charge is 0.294 e. The molecule has 0 bridgehead atoms. The van der Waals surface area contributed by atoms with Gasteiger partial charge in [-0.05, 0) is 47.9 Å². The second-order valence-electron chi connectivity index (χ2n) is 5.90. The van der Waals surface area contributed by atoms with Crippen molar-refractivity contribution in [1.82, 2.24) is 0 Å². The van der Waals surface area contributed by atoms with Crippen LogP contribution >= 0.6 is 46.4 Å². The van der Waals surface area contributed by atoms with E-state index in [0.29, 0.717) is 31.2 Å². The number of rotatable bonds is 2. The van der Waals surface area contributed by atoms with Gasteiger partial charge in [0.05, 0.1) is 0 Å². The normalized spacial score (nSPS) is 20.8. The summed E-state index contributed by atoms with van der Waals surface area (Å²) in [5, 5.41) is 2.07. The second kappa shape index (κ2) is 6.72. The zero-order chi connectivity index (χ0) is 17.6. The Morgan fingerprint density at radius 3 is 1.79 bits per heavy atom. The van der Waals surface area contributed by atoms with Crippen LogP contribution in [0.4, 0.5) is 0 Å². The number of halogens is 4. The molecular formula is C19H14Cl4O. The molecule has 3 rings (SSSR count). The monoisotopic (exact) mass is 398 g/mol. The third-order valence-corrected chi connectivity index (χ3v) is 5.83. The molecule has 0 radical (unpaired) electrons. The average molecular weight is 400 g/mol. The summed E-state index contributed by atoms with van der Waals surface area (Å²) in [6, 6.07) is 10.7. The van der Waals surface area contributed by atoms with Crippen molar-refractivity contribution in [2.45, 2.75) is 19.8 Å². The summed E-state index contributed by atoms with van der Waals surface area (Å²) in [5.41, 5.74) is 2.87. The first-order chi connectivity index (χ1) is 11.3. The summed E-state index contributed by atoms with van der Waals surface area (Å²) in [7, 11) is 0. The number of hydrogen-bond acceptors (Lipinski definition) is 1. The lowest BCUT2D eigenvalue weighted by atomic mass is 9.82. The van der Waals surface area contributed by atoms with Crippen LogP contribution in [0.3, 0.4) is 0 Å². The van der Waals surface area contributed by atoms with E-state index in [1.165, 1.54) is 0 Å².